The highest BCUT2D eigenvalue weighted by molar-refractivity contribution is 5.20. The van der Waals surface area contributed by atoms with Crippen LogP contribution in [0.25, 0.3) is 0 Å². The quantitative estimate of drug-likeness (QED) is 0.748. The fraction of sp³-hybridized carbons (Fsp3) is 0.600. The van der Waals surface area contributed by atoms with E-state index < -0.39 is 0 Å². The summed E-state index contributed by atoms with van der Waals surface area (Å²) in [5.41, 5.74) is 1.52. The van der Waals surface area contributed by atoms with Crippen molar-refractivity contribution in [3.05, 3.63) is 35.9 Å². The summed E-state index contributed by atoms with van der Waals surface area (Å²) in [6.45, 7) is 8.42. The van der Waals surface area contributed by atoms with Crippen LogP contribution in [0.5, 0.6) is 0 Å². The molecule has 1 aromatic carbocycles. The standard InChI is InChI=1S/C15H23N/c1-13(2)11-16-10-6-9-15(12-16)14-7-4-3-5-8-14/h3-5,7-8,13,15H,6,9-12H2,1-2H3/t15-/m1/s1. The lowest BCUT2D eigenvalue weighted by Gasteiger charge is -2.34. The smallest absolute Gasteiger partial charge is 0.00504 e. The molecule has 1 aromatic rings. The minimum Gasteiger partial charge on any atom is -0.302 e. The predicted octanol–water partition coefficient (Wildman–Crippen LogP) is 3.52. The molecule has 0 spiro atoms. The molecule has 2 rings (SSSR count). The van der Waals surface area contributed by atoms with E-state index in [4.69, 9.17) is 0 Å². The fourth-order valence-electron chi connectivity index (χ4n) is 2.74. The number of nitrogens with zero attached hydrogens (tertiary/aromatic N) is 1. The number of rotatable bonds is 3. The van der Waals surface area contributed by atoms with Gasteiger partial charge in [0.1, 0.15) is 0 Å². The van der Waals surface area contributed by atoms with Crippen LogP contribution in [-0.4, -0.2) is 24.5 Å². The summed E-state index contributed by atoms with van der Waals surface area (Å²) in [5, 5.41) is 0. The molecule has 0 unspecified atom stereocenters. The van der Waals surface area contributed by atoms with Gasteiger partial charge in [-0.3, -0.25) is 0 Å². The summed E-state index contributed by atoms with van der Waals surface area (Å²) in [6.07, 6.45) is 2.71. The zero-order chi connectivity index (χ0) is 11.4. The van der Waals surface area contributed by atoms with Crippen LogP contribution < -0.4 is 0 Å². The van der Waals surface area contributed by atoms with Crippen molar-refractivity contribution < 1.29 is 0 Å². The van der Waals surface area contributed by atoms with Gasteiger partial charge in [-0.15, -0.1) is 0 Å². The van der Waals surface area contributed by atoms with Crippen LogP contribution in [0.15, 0.2) is 30.3 Å². The van der Waals surface area contributed by atoms with E-state index in [1.54, 1.807) is 0 Å². The first-order valence-corrected chi connectivity index (χ1v) is 6.53. The van der Waals surface area contributed by atoms with Gasteiger partial charge in [-0.25, -0.2) is 0 Å². The Bertz CT molecular complexity index is 304. The second kappa shape index (κ2) is 5.49. The van der Waals surface area contributed by atoms with Crippen molar-refractivity contribution in [3.63, 3.8) is 0 Å². The molecule has 1 fully saturated rings. The molecule has 0 amide bonds. The summed E-state index contributed by atoms with van der Waals surface area (Å²) < 4.78 is 0. The molecule has 1 atom stereocenters. The van der Waals surface area contributed by atoms with Gasteiger partial charge in [-0.2, -0.15) is 0 Å². The molecule has 0 aliphatic carbocycles. The van der Waals surface area contributed by atoms with E-state index in [2.05, 4.69) is 49.1 Å². The monoisotopic (exact) mass is 217 g/mol. The third-order valence-corrected chi connectivity index (χ3v) is 3.40. The van der Waals surface area contributed by atoms with Gasteiger partial charge in [0, 0.05) is 13.1 Å². The highest BCUT2D eigenvalue weighted by Gasteiger charge is 2.21. The first kappa shape index (κ1) is 11.7. The highest BCUT2D eigenvalue weighted by Crippen LogP contribution is 2.26. The van der Waals surface area contributed by atoms with E-state index in [0.29, 0.717) is 0 Å². The average Bonchev–Trinajstić information content (AvgIpc) is 2.30. The molecule has 0 radical (unpaired) electrons. The second-order valence-electron chi connectivity index (χ2n) is 5.40. The van der Waals surface area contributed by atoms with E-state index in [0.717, 1.165) is 11.8 Å². The second-order valence-corrected chi connectivity index (χ2v) is 5.40. The molecule has 0 aromatic heterocycles. The molecular weight excluding hydrogens is 194 g/mol. The predicted molar refractivity (Wildman–Crippen MR) is 69.7 cm³/mol. The number of hydrogen-bond acceptors (Lipinski definition) is 1. The van der Waals surface area contributed by atoms with Gasteiger partial charge in [-0.1, -0.05) is 44.2 Å². The number of piperidine rings is 1. The zero-order valence-corrected chi connectivity index (χ0v) is 10.5. The third kappa shape index (κ3) is 3.08. The van der Waals surface area contributed by atoms with Gasteiger partial charge in [0.25, 0.3) is 0 Å². The van der Waals surface area contributed by atoms with Crippen molar-refractivity contribution in [1.29, 1.82) is 0 Å². The molecule has 1 saturated heterocycles. The minimum absolute atomic E-state index is 0.758. The van der Waals surface area contributed by atoms with Crippen LogP contribution in [0.3, 0.4) is 0 Å². The summed E-state index contributed by atoms with van der Waals surface area (Å²) in [7, 11) is 0. The van der Waals surface area contributed by atoms with Crippen molar-refractivity contribution in [2.45, 2.75) is 32.6 Å². The van der Waals surface area contributed by atoms with E-state index in [9.17, 15) is 0 Å². The average molecular weight is 217 g/mol. The molecule has 0 N–H and O–H groups in total. The van der Waals surface area contributed by atoms with Gasteiger partial charge < -0.3 is 4.90 Å². The van der Waals surface area contributed by atoms with Crippen LogP contribution in [0, 0.1) is 5.92 Å². The van der Waals surface area contributed by atoms with Gasteiger partial charge in [0.2, 0.25) is 0 Å². The van der Waals surface area contributed by atoms with Gasteiger partial charge in [0.15, 0.2) is 0 Å². The highest BCUT2D eigenvalue weighted by atomic mass is 15.1. The van der Waals surface area contributed by atoms with Crippen LogP contribution >= 0.6 is 0 Å². The van der Waals surface area contributed by atoms with Crippen LogP contribution in [0.1, 0.15) is 38.2 Å². The molecular formula is C15H23N. The lowest BCUT2D eigenvalue weighted by Crippen LogP contribution is -2.36. The number of benzene rings is 1. The van der Waals surface area contributed by atoms with E-state index in [-0.39, 0.29) is 0 Å². The van der Waals surface area contributed by atoms with Crippen molar-refractivity contribution in [1.82, 2.24) is 4.90 Å². The third-order valence-electron chi connectivity index (χ3n) is 3.40. The Morgan fingerprint density at radius 3 is 2.69 bits per heavy atom. The minimum atomic E-state index is 0.758. The molecule has 0 saturated carbocycles. The topological polar surface area (TPSA) is 3.24 Å². The van der Waals surface area contributed by atoms with Crippen LogP contribution in [-0.2, 0) is 0 Å². The Balaban J connectivity index is 1.97. The summed E-state index contributed by atoms with van der Waals surface area (Å²) >= 11 is 0. The van der Waals surface area contributed by atoms with Crippen molar-refractivity contribution in [2.75, 3.05) is 19.6 Å². The Hall–Kier alpha value is -0.820. The maximum Gasteiger partial charge on any atom is 0.00504 e. The largest absolute Gasteiger partial charge is 0.302 e. The number of likely N-dealkylation sites (tertiary alicyclic amines) is 1. The fourth-order valence-corrected chi connectivity index (χ4v) is 2.74. The molecule has 0 bridgehead atoms. The Kier molecular flexibility index (Phi) is 4.00. The van der Waals surface area contributed by atoms with Gasteiger partial charge in [0.05, 0.1) is 0 Å². The summed E-state index contributed by atoms with van der Waals surface area (Å²) in [6, 6.07) is 11.0. The molecule has 1 aliphatic heterocycles. The summed E-state index contributed by atoms with van der Waals surface area (Å²) in [4.78, 5) is 2.63. The Labute approximate surface area is 99.5 Å². The molecule has 1 heterocycles. The van der Waals surface area contributed by atoms with Gasteiger partial charge >= 0.3 is 0 Å². The lowest BCUT2D eigenvalue weighted by atomic mass is 9.90. The Morgan fingerprint density at radius 2 is 2.00 bits per heavy atom. The van der Waals surface area contributed by atoms with Crippen molar-refractivity contribution >= 4 is 0 Å². The first-order chi connectivity index (χ1) is 7.75. The van der Waals surface area contributed by atoms with E-state index >= 15 is 0 Å². The maximum atomic E-state index is 2.63. The van der Waals surface area contributed by atoms with Crippen molar-refractivity contribution in [2.24, 2.45) is 5.92 Å². The first-order valence-electron chi connectivity index (χ1n) is 6.53. The van der Waals surface area contributed by atoms with Gasteiger partial charge in [-0.05, 0) is 36.8 Å². The molecule has 16 heavy (non-hydrogen) atoms. The Morgan fingerprint density at radius 1 is 1.25 bits per heavy atom. The molecule has 88 valence electrons. The van der Waals surface area contributed by atoms with Crippen LogP contribution in [0.2, 0.25) is 0 Å². The van der Waals surface area contributed by atoms with Crippen LogP contribution in [0.4, 0.5) is 0 Å². The zero-order valence-electron chi connectivity index (χ0n) is 10.5. The number of hydrogen-bond donors (Lipinski definition) is 0. The van der Waals surface area contributed by atoms with Crippen molar-refractivity contribution in [3.8, 4) is 0 Å². The normalized spacial score (nSPS) is 22.6. The summed E-state index contributed by atoms with van der Waals surface area (Å²) in [5.74, 6) is 1.54. The molecule has 1 aliphatic rings. The molecule has 1 heteroatoms. The SMILES string of the molecule is CC(C)CN1CCC[C@@H](c2ccccc2)C1. The molecule has 1 nitrogen and oxygen atoms in total. The maximum absolute atomic E-state index is 2.63. The lowest BCUT2D eigenvalue weighted by molar-refractivity contribution is 0.188. The van der Waals surface area contributed by atoms with E-state index in [1.807, 2.05) is 0 Å². The van der Waals surface area contributed by atoms with E-state index in [1.165, 1.54) is 38.0 Å².